The number of likely N-dealkylation sites (tertiary alicyclic amines) is 1. The second-order valence-electron chi connectivity index (χ2n) is 7.63. The number of aliphatic hydroxyl groups excluding tert-OH is 1. The van der Waals surface area contributed by atoms with Gasteiger partial charge in [-0.1, -0.05) is 12.1 Å². The van der Waals surface area contributed by atoms with Crippen LogP contribution in [0, 0.1) is 23.5 Å². The molecule has 4 nitrogen and oxygen atoms in total. The third-order valence-electron chi connectivity index (χ3n) is 5.68. The third kappa shape index (κ3) is 4.06. The summed E-state index contributed by atoms with van der Waals surface area (Å²) < 4.78 is 32.5. The number of ether oxygens (including phenoxy) is 1. The number of rotatable bonds is 5. The van der Waals surface area contributed by atoms with Crippen molar-refractivity contribution in [1.82, 2.24) is 4.90 Å². The molecule has 2 aromatic carbocycles. The average Bonchev–Trinajstić information content (AvgIpc) is 3.15. The Kier molecular flexibility index (Phi) is 5.02. The quantitative estimate of drug-likeness (QED) is 0.840. The standard InChI is InChI=1S/C21H23F2NO3/c22-16-3-6-21(19(23)9-16)27-18-7-14-10-24(11-15(14)8-18)12-20(26)13-1-4-17(25)5-2-13/h1-6,9,14-15,18,20,25-26H,7-8,10-12H2/t14-,15+,18-,20?. The van der Waals surface area contributed by atoms with Gasteiger partial charge >= 0.3 is 0 Å². The number of aliphatic hydroxyl groups is 1. The maximum atomic E-state index is 13.8. The van der Waals surface area contributed by atoms with Gasteiger partial charge in [-0.2, -0.15) is 0 Å². The van der Waals surface area contributed by atoms with Gasteiger partial charge in [0.05, 0.1) is 12.2 Å². The number of phenols is 1. The number of β-amino-alcohol motifs (C(OH)–C–C–N with tert-alkyl or cyclic N) is 1. The summed E-state index contributed by atoms with van der Waals surface area (Å²) >= 11 is 0. The first-order valence-electron chi connectivity index (χ1n) is 9.29. The van der Waals surface area contributed by atoms with Crippen LogP contribution < -0.4 is 4.74 Å². The lowest BCUT2D eigenvalue weighted by Gasteiger charge is -2.22. The molecule has 144 valence electrons. The fourth-order valence-electron chi connectivity index (χ4n) is 4.38. The van der Waals surface area contributed by atoms with Crippen molar-refractivity contribution in [3.8, 4) is 11.5 Å². The molecule has 2 fully saturated rings. The third-order valence-corrected chi connectivity index (χ3v) is 5.68. The number of aromatic hydroxyl groups is 1. The average molecular weight is 375 g/mol. The van der Waals surface area contributed by atoms with Crippen LogP contribution in [0.4, 0.5) is 8.78 Å². The van der Waals surface area contributed by atoms with E-state index in [2.05, 4.69) is 4.90 Å². The van der Waals surface area contributed by atoms with E-state index in [1.165, 1.54) is 12.1 Å². The highest BCUT2D eigenvalue weighted by atomic mass is 19.1. The van der Waals surface area contributed by atoms with Gasteiger partial charge in [-0.25, -0.2) is 8.78 Å². The molecule has 1 saturated heterocycles. The van der Waals surface area contributed by atoms with Crippen LogP contribution in [0.1, 0.15) is 24.5 Å². The minimum Gasteiger partial charge on any atom is -0.508 e. The van der Waals surface area contributed by atoms with Crippen molar-refractivity contribution in [3.05, 3.63) is 59.7 Å². The van der Waals surface area contributed by atoms with Gasteiger partial charge in [0.15, 0.2) is 11.6 Å². The van der Waals surface area contributed by atoms with E-state index in [9.17, 15) is 19.0 Å². The number of fused-ring (bicyclic) bond motifs is 1. The molecule has 0 aromatic heterocycles. The van der Waals surface area contributed by atoms with E-state index in [4.69, 9.17) is 4.74 Å². The molecule has 0 radical (unpaired) electrons. The largest absolute Gasteiger partial charge is 0.508 e. The Balaban J connectivity index is 1.29. The zero-order valence-corrected chi connectivity index (χ0v) is 14.9. The zero-order valence-electron chi connectivity index (χ0n) is 14.9. The molecular weight excluding hydrogens is 352 g/mol. The van der Waals surface area contributed by atoms with Crippen LogP contribution in [0.2, 0.25) is 0 Å². The van der Waals surface area contributed by atoms with Crippen LogP contribution in [-0.4, -0.2) is 40.9 Å². The molecule has 1 aliphatic heterocycles. The first kappa shape index (κ1) is 18.2. The van der Waals surface area contributed by atoms with E-state index in [0.717, 1.165) is 37.6 Å². The summed E-state index contributed by atoms with van der Waals surface area (Å²) in [6, 6.07) is 10.0. The fourth-order valence-corrected chi connectivity index (χ4v) is 4.38. The summed E-state index contributed by atoms with van der Waals surface area (Å²) in [4.78, 5) is 2.25. The van der Waals surface area contributed by atoms with Crippen LogP contribution in [0.25, 0.3) is 0 Å². The molecular formula is C21H23F2NO3. The Morgan fingerprint density at radius 3 is 2.33 bits per heavy atom. The lowest BCUT2D eigenvalue weighted by atomic mass is 10.0. The van der Waals surface area contributed by atoms with Crippen LogP contribution in [0.5, 0.6) is 11.5 Å². The molecule has 1 saturated carbocycles. The fraction of sp³-hybridized carbons (Fsp3) is 0.429. The second-order valence-corrected chi connectivity index (χ2v) is 7.63. The predicted molar refractivity (Wildman–Crippen MR) is 96.5 cm³/mol. The Morgan fingerprint density at radius 1 is 1.04 bits per heavy atom. The van der Waals surface area contributed by atoms with Crippen LogP contribution >= 0.6 is 0 Å². The molecule has 0 amide bonds. The highest BCUT2D eigenvalue weighted by molar-refractivity contribution is 5.27. The highest BCUT2D eigenvalue weighted by Crippen LogP contribution is 2.40. The van der Waals surface area contributed by atoms with Gasteiger partial charge in [-0.15, -0.1) is 0 Å². The van der Waals surface area contributed by atoms with Crippen molar-refractivity contribution in [2.75, 3.05) is 19.6 Å². The maximum absolute atomic E-state index is 13.8. The number of nitrogens with zero attached hydrogens (tertiary/aromatic N) is 1. The van der Waals surface area contributed by atoms with Crippen molar-refractivity contribution >= 4 is 0 Å². The van der Waals surface area contributed by atoms with Gasteiger partial charge in [-0.05, 0) is 54.5 Å². The van der Waals surface area contributed by atoms with E-state index < -0.39 is 17.7 Å². The lowest BCUT2D eigenvalue weighted by molar-refractivity contribution is 0.115. The Bertz CT molecular complexity index is 785. The van der Waals surface area contributed by atoms with Gasteiger partial charge in [0.2, 0.25) is 0 Å². The predicted octanol–water partition coefficient (Wildman–Crippen LogP) is 3.49. The van der Waals surface area contributed by atoms with E-state index in [1.54, 1.807) is 24.3 Å². The number of benzene rings is 2. The van der Waals surface area contributed by atoms with Gasteiger partial charge < -0.3 is 14.9 Å². The first-order chi connectivity index (χ1) is 13.0. The molecule has 4 rings (SSSR count). The minimum atomic E-state index is -0.661. The van der Waals surface area contributed by atoms with Crippen LogP contribution in [0.15, 0.2) is 42.5 Å². The lowest BCUT2D eigenvalue weighted by Crippen LogP contribution is -2.29. The molecule has 2 aromatic rings. The van der Waals surface area contributed by atoms with Crippen molar-refractivity contribution in [2.45, 2.75) is 25.0 Å². The SMILES string of the molecule is Oc1ccc(C(O)CN2C[C@H]3C[C@@H](Oc4ccc(F)cc4F)C[C@H]3C2)cc1. The number of hydrogen-bond acceptors (Lipinski definition) is 4. The molecule has 2 aliphatic rings. The van der Waals surface area contributed by atoms with Crippen molar-refractivity contribution in [3.63, 3.8) is 0 Å². The van der Waals surface area contributed by atoms with E-state index in [1.807, 2.05) is 0 Å². The maximum Gasteiger partial charge on any atom is 0.167 e. The smallest absolute Gasteiger partial charge is 0.167 e. The van der Waals surface area contributed by atoms with E-state index in [0.29, 0.717) is 18.4 Å². The molecule has 0 spiro atoms. The highest BCUT2D eigenvalue weighted by Gasteiger charge is 2.42. The van der Waals surface area contributed by atoms with Crippen molar-refractivity contribution < 1.29 is 23.7 Å². The summed E-state index contributed by atoms with van der Waals surface area (Å²) in [6.07, 6.45) is 1.04. The monoisotopic (exact) mass is 375 g/mol. The molecule has 1 aliphatic carbocycles. The second kappa shape index (κ2) is 7.44. The van der Waals surface area contributed by atoms with Gasteiger partial charge in [0, 0.05) is 25.7 Å². The normalized spacial score (nSPS) is 26.1. The molecule has 2 N–H and O–H groups in total. The van der Waals surface area contributed by atoms with Gasteiger partial charge in [0.1, 0.15) is 11.6 Å². The minimum absolute atomic E-state index is 0.0517. The number of halogens is 2. The molecule has 1 heterocycles. The Hall–Kier alpha value is -2.18. The van der Waals surface area contributed by atoms with Crippen LogP contribution in [0.3, 0.4) is 0 Å². The number of hydrogen-bond donors (Lipinski definition) is 2. The first-order valence-corrected chi connectivity index (χ1v) is 9.29. The van der Waals surface area contributed by atoms with Crippen LogP contribution in [-0.2, 0) is 0 Å². The molecule has 4 atom stereocenters. The summed E-state index contributed by atoms with van der Waals surface area (Å²) in [6.45, 7) is 2.31. The summed E-state index contributed by atoms with van der Waals surface area (Å²) in [5, 5.41) is 19.8. The summed E-state index contributed by atoms with van der Waals surface area (Å²) in [5.74, 6) is -0.0426. The summed E-state index contributed by atoms with van der Waals surface area (Å²) in [7, 11) is 0. The van der Waals surface area contributed by atoms with Gasteiger partial charge in [0.25, 0.3) is 0 Å². The molecule has 27 heavy (non-hydrogen) atoms. The van der Waals surface area contributed by atoms with E-state index in [-0.39, 0.29) is 17.6 Å². The molecule has 0 bridgehead atoms. The zero-order chi connectivity index (χ0) is 19.0. The van der Waals surface area contributed by atoms with Crippen molar-refractivity contribution in [1.29, 1.82) is 0 Å². The molecule has 6 heteroatoms. The summed E-state index contributed by atoms with van der Waals surface area (Å²) in [5.41, 5.74) is 0.790. The van der Waals surface area contributed by atoms with E-state index >= 15 is 0 Å². The van der Waals surface area contributed by atoms with Crippen molar-refractivity contribution in [2.24, 2.45) is 11.8 Å². The molecule has 1 unspecified atom stereocenters. The Morgan fingerprint density at radius 2 is 1.70 bits per heavy atom. The topological polar surface area (TPSA) is 52.9 Å². The Labute approximate surface area is 157 Å². The number of phenolic OH excluding ortho intramolecular Hbond substituents is 1. The van der Waals surface area contributed by atoms with Gasteiger partial charge in [-0.3, -0.25) is 4.90 Å².